The lowest BCUT2D eigenvalue weighted by Crippen LogP contribution is -2.01. The number of hydrogen-bond donors (Lipinski definition) is 1. The molecule has 0 fully saturated rings. The molecule has 0 spiro atoms. The molecule has 5 nitrogen and oxygen atoms in total. The molecular formula is C20H17N3O2. The number of aryl methyl sites for hydroxylation is 1. The zero-order valence-electron chi connectivity index (χ0n) is 14.0. The van der Waals surface area contributed by atoms with Crippen LogP contribution < -0.4 is 5.32 Å². The lowest BCUT2D eigenvalue weighted by molar-refractivity contribution is 0.0601. The van der Waals surface area contributed by atoms with Gasteiger partial charge < -0.3 is 10.1 Å². The fraction of sp³-hybridized carbons (Fsp3) is 0.150. The minimum Gasteiger partial charge on any atom is -0.465 e. The molecule has 3 rings (SSSR count). The third-order valence-corrected chi connectivity index (χ3v) is 4.04. The summed E-state index contributed by atoms with van der Waals surface area (Å²) in [5.74, 6) is -0.383. The normalized spacial score (nSPS) is 10.3. The van der Waals surface area contributed by atoms with Crippen molar-refractivity contribution in [1.82, 2.24) is 4.98 Å². The predicted molar refractivity (Wildman–Crippen MR) is 96.9 cm³/mol. The summed E-state index contributed by atoms with van der Waals surface area (Å²) in [6, 6.07) is 15.2. The standard InChI is InChI=1S/C20H17N3O2/c1-3-13-4-9-18-17(10-13)19(15(11-21)12-22-18)23-16-7-5-14(6-8-16)20(24)25-2/h4-10,12H,3H2,1-2H3,(H,22,23). The van der Waals surface area contributed by atoms with Gasteiger partial charge in [-0.3, -0.25) is 4.98 Å². The maximum atomic E-state index is 11.5. The molecule has 0 amide bonds. The molecule has 0 aliphatic carbocycles. The molecular weight excluding hydrogens is 314 g/mol. The van der Waals surface area contributed by atoms with Crippen LogP contribution in [0.4, 0.5) is 11.4 Å². The Kier molecular flexibility index (Phi) is 4.62. The quantitative estimate of drug-likeness (QED) is 0.725. The molecule has 0 atom stereocenters. The van der Waals surface area contributed by atoms with Crippen LogP contribution in [-0.4, -0.2) is 18.1 Å². The minimum absolute atomic E-state index is 0.383. The molecule has 0 saturated heterocycles. The van der Waals surface area contributed by atoms with Gasteiger partial charge in [-0.2, -0.15) is 5.26 Å². The maximum Gasteiger partial charge on any atom is 0.337 e. The van der Waals surface area contributed by atoms with Crippen molar-refractivity contribution in [3.05, 3.63) is 65.4 Å². The molecule has 0 saturated carbocycles. The van der Waals surface area contributed by atoms with Crippen LogP contribution in [0, 0.1) is 11.3 Å². The first-order chi connectivity index (χ1) is 12.2. The van der Waals surface area contributed by atoms with Gasteiger partial charge in [0.25, 0.3) is 0 Å². The fourth-order valence-electron chi connectivity index (χ4n) is 2.63. The summed E-state index contributed by atoms with van der Waals surface area (Å²) in [7, 11) is 1.35. The number of methoxy groups -OCH3 is 1. The second kappa shape index (κ2) is 7.02. The Balaban J connectivity index is 2.05. The second-order valence-corrected chi connectivity index (χ2v) is 5.56. The van der Waals surface area contributed by atoms with Gasteiger partial charge in [0.05, 0.1) is 29.4 Å². The van der Waals surface area contributed by atoms with Gasteiger partial charge in [0.15, 0.2) is 0 Å². The number of pyridine rings is 1. The predicted octanol–water partition coefficient (Wildman–Crippen LogP) is 4.20. The average molecular weight is 331 g/mol. The molecule has 1 N–H and O–H groups in total. The highest BCUT2D eigenvalue weighted by Crippen LogP contribution is 2.29. The average Bonchev–Trinajstić information content (AvgIpc) is 2.67. The maximum absolute atomic E-state index is 11.5. The SMILES string of the molecule is CCc1ccc2ncc(C#N)c(Nc3ccc(C(=O)OC)cc3)c2c1. The molecule has 1 heterocycles. The van der Waals surface area contributed by atoms with E-state index in [9.17, 15) is 10.1 Å². The summed E-state index contributed by atoms with van der Waals surface area (Å²) in [5, 5.41) is 13.6. The highest BCUT2D eigenvalue weighted by molar-refractivity contribution is 5.96. The third kappa shape index (κ3) is 3.29. The van der Waals surface area contributed by atoms with Crippen molar-refractivity contribution in [3.8, 4) is 6.07 Å². The number of anilines is 2. The van der Waals surface area contributed by atoms with Crippen molar-refractivity contribution < 1.29 is 9.53 Å². The lowest BCUT2D eigenvalue weighted by Gasteiger charge is -2.12. The smallest absolute Gasteiger partial charge is 0.337 e. The van der Waals surface area contributed by atoms with E-state index < -0.39 is 0 Å². The Morgan fingerprint density at radius 3 is 2.64 bits per heavy atom. The van der Waals surface area contributed by atoms with Crippen molar-refractivity contribution in [1.29, 1.82) is 5.26 Å². The number of hydrogen-bond acceptors (Lipinski definition) is 5. The number of nitrogens with zero attached hydrogens (tertiary/aromatic N) is 2. The molecule has 3 aromatic rings. The number of aromatic nitrogens is 1. The van der Waals surface area contributed by atoms with Crippen LogP contribution in [-0.2, 0) is 11.2 Å². The van der Waals surface area contributed by atoms with Crippen LogP contribution >= 0.6 is 0 Å². The van der Waals surface area contributed by atoms with Crippen molar-refractivity contribution in [3.63, 3.8) is 0 Å². The first-order valence-corrected chi connectivity index (χ1v) is 7.93. The molecule has 0 bridgehead atoms. The van der Waals surface area contributed by atoms with E-state index in [1.807, 2.05) is 18.2 Å². The zero-order valence-corrected chi connectivity index (χ0v) is 14.0. The molecule has 0 aliphatic heterocycles. The van der Waals surface area contributed by atoms with Crippen LogP contribution in [0.15, 0.2) is 48.7 Å². The van der Waals surface area contributed by atoms with E-state index in [-0.39, 0.29) is 5.97 Å². The Bertz CT molecular complexity index is 973. The number of esters is 1. The van der Waals surface area contributed by atoms with E-state index in [1.54, 1.807) is 30.5 Å². The van der Waals surface area contributed by atoms with E-state index >= 15 is 0 Å². The summed E-state index contributed by atoms with van der Waals surface area (Å²) in [5.41, 5.74) is 4.43. The number of carbonyl (C=O) groups is 1. The summed E-state index contributed by atoms with van der Waals surface area (Å²) in [4.78, 5) is 15.9. The summed E-state index contributed by atoms with van der Waals surface area (Å²) >= 11 is 0. The van der Waals surface area contributed by atoms with E-state index in [1.165, 1.54) is 12.7 Å². The minimum atomic E-state index is -0.383. The van der Waals surface area contributed by atoms with Crippen molar-refractivity contribution in [2.45, 2.75) is 13.3 Å². The lowest BCUT2D eigenvalue weighted by atomic mass is 10.0. The van der Waals surface area contributed by atoms with Gasteiger partial charge in [-0.25, -0.2) is 4.79 Å². The molecule has 0 radical (unpaired) electrons. The number of nitriles is 1. The van der Waals surface area contributed by atoms with Gasteiger partial charge in [-0.15, -0.1) is 0 Å². The van der Waals surface area contributed by atoms with Gasteiger partial charge in [0, 0.05) is 17.3 Å². The second-order valence-electron chi connectivity index (χ2n) is 5.56. The van der Waals surface area contributed by atoms with Crippen LogP contribution in [0.2, 0.25) is 0 Å². The van der Waals surface area contributed by atoms with Crippen molar-refractivity contribution in [2.75, 3.05) is 12.4 Å². The largest absolute Gasteiger partial charge is 0.465 e. The number of fused-ring (bicyclic) bond motifs is 1. The Morgan fingerprint density at radius 1 is 1.24 bits per heavy atom. The molecule has 2 aromatic carbocycles. The Labute approximate surface area is 145 Å². The number of ether oxygens (including phenoxy) is 1. The number of nitrogens with one attached hydrogen (secondary N) is 1. The monoisotopic (exact) mass is 331 g/mol. The topological polar surface area (TPSA) is 75.0 Å². The number of benzene rings is 2. The first-order valence-electron chi connectivity index (χ1n) is 7.93. The van der Waals surface area contributed by atoms with E-state index in [0.717, 1.165) is 23.0 Å². The van der Waals surface area contributed by atoms with Crippen molar-refractivity contribution in [2.24, 2.45) is 0 Å². The first kappa shape index (κ1) is 16.5. The van der Waals surface area contributed by atoms with E-state index in [2.05, 4.69) is 23.3 Å². The van der Waals surface area contributed by atoms with Crippen LogP contribution in [0.25, 0.3) is 10.9 Å². The highest BCUT2D eigenvalue weighted by atomic mass is 16.5. The van der Waals surface area contributed by atoms with Crippen LogP contribution in [0.5, 0.6) is 0 Å². The van der Waals surface area contributed by atoms with Gasteiger partial charge in [-0.1, -0.05) is 13.0 Å². The van der Waals surface area contributed by atoms with Gasteiger partial charge >= 0.3 is 5.97 Å². The summed E-state index contributed by atoms with van der Waals surface area (Å²) < 4.78 is 4.70. The summed E-state index contributed by atoms with van der Waals surface area (Å²) in [6.07, 6.45) is 2.47. The van der Waals surface area contributed by atoms with Gasteiger partial charge in [-0.05, 0) is 48.4 Å². The Morgan fingerprint density at radius 2 is 2.00 bits per heavy atom. The van der Waals surface area contributed by atoms with E-state index in [4.69, 9.17) is 4.74 Å². The molecule has 0 unspecified atom stereocenters. The molecule has 25 heavy (non-hydrogen) atoms. The number of rotatable bonds is 4. The highest BCUT2D eigenvalue weighted by Gasteiger charge is 2.11. The molecule has 1 aromatic heterocycles. The van der Waals surface area contributed by atoms with Gasteiger partial charge in [0.2, 0.25) is 0 Å². The van der Waals surface area contributed by atoms with Crippen LogP contribution in [0.3, 0.4) is 0 Å². The zero-order chi connectivity index (χ0) is 17.8. The fourth-order valence-corrected chi connectivity index (χ4v) is 2.63. The third-order valence-electron chi connectivity index (χ3n) is 4.04. The Hall–Kier alpha value is -3.39. The number of carbonyl (C=O) groups excluding carboxylic acids is 1. The molecule has 0 aliphatic rings. The molecule has 5 heteroatoms. The molecule has 124 valence electrons. The van der Waals surface area contributed by atoms with Gasteiger partial charge in [0.1, 0.15) is 6.07 Å². The van der Waals surface area contributed by atoms with Crippen molar-refractivity contribution >= 4 is 28.2 Å². The summed E-state index contributed by atoms with van der Waals surface area (Å²) in [6.45, 7) is 2.08. The van der Waals surface area contributed by atoms with E-state index in [0.29, 0.717) is 16.8 Å². The van der Waals surface area contributed by atoms with Crippen LogP contribution in [0.1, 0.15) is 28.4 Å².